The summed E-state index contributed by atoms with van der Waals surface area (Å²) in [4.78, 5) is 11.4. The van der Waals surface area contributed by atoms with Gasteiger partial charge in [-0.05, 0) is 26.2 Å². The highest BCUT2D eigenvalue weighted by molar-refractivity contribution is 8.15. The van der Waals surface area contributed by atoms with Crippen LogP contribution in [0, 0.1) is 5.92 Å². The Morgan fingerprint density at radius 3 is 2.50 bits per heavy atom. The lowest BCUT2D eigenvalue weighted by molar-refractivity contribution is -0.107. The molecule has 80 valence electrons. The molecule has 1 heterocycles. The number of thioether (sulfide) groups is 1. The normalized spacial score (nSPS) is 29.9. The molecule has 1 rings (SSSR count). The molecule has 0 aromatic heterocycles. The van der Waals surface area contributed by atoms with Crippen LogP contribution in [0.3, 0.4) is 0 Å². The average molecular weight is 214 g/mol. The van der Waals surface area contributed by atoms with Gasteiger partial charge in [-0.3, -0.25) is 4.79 Å². The molecule has 0 bridgehead atoms. The fraction of sp³-hybridized carbons (Fsp3) is 0.727. The summed E-state index contributed by atoms with van der Waals surface area (Å²) >= 11 is 1.26. The summed E-state index contributed by atoms with van der Waals surface area (Å²) in [6.45, 7) is 7.93. The van der Waals surface area contributed by atoms with Gasteiger partial charge in [0.2, 0.25) is 5.12 Å². The van der Waals surface area contributed by atoms with Crippen molar-refractivity contribution in [3.05, 3.63) is 11.3 Å². The van der Waals surface area contributed by atoms with Crippen LogP contribution in [-0.2, 0) is 4.79 Å². The van der Waals surface area contributed by atoms with E-state index in [0.29, 0.717) is 11.5 Å². The first kappa shape index (κ1) is 11.6. The summed E-state index contributed by atoms with van der Waals surface area (Å²) in [5, 5.41) is 9.89. The van der Waals surface area contributed by atoms with Crippen LogP contribution >= 0.6 is 11.8 Å². The largest absolute Gasteiger partial charge is 0.510 e. The third kappa shape index (κ3) is 1.97. The van der Waals surface area contributed by atoms with Crippen LogP contribution in [0.2, 0.25) is 0 Å². The van der Waals surface area contributed by atoms with Crippen molar-refractivity contribution in [1.29, 1.82) is 0 Å². The van der Waals surface area contributed by atoms with Crippen LogP contribution in [0.25, 0.3) is 0 Å². The predicted octanol–water partition coefficient (Wildman–Crippen LogP) is 3.29. The van der Waals surface area contributed by atoms with Crippen molar-refractivity contribution in [2.24, 2.45) is 5.92 Å². The second-order valence-electron chi connectivity index (χ2n) is 4.31. The smallest absolute Gasteiger partial charge is 0.219 e. The third-order valence-electron chi connectivity index (χ3n) is 2.92. The van der Waals surface area contributed by atoms with Gasteiger partial charge in [-0.1, -0.05) is 32.0 Å². The maximum atomic E-state index is 11.4. The summed E-state index contributed by atoms with van der Waals surface area (Å²) < 4.78 is -0.378. The van der Waals surface area contributed by atoms with E-state index >= 15 is 0 Å². The average Bonchev–Trinajstić information content (AvgIpc) is 2.30. The number of hydrogen-bond donors (Lipinski definition) is 1. The molecule has 0 radical (unpaired) electrons. The Morgan fingerprint density at radius 2 is 2.14 bits per heavy atom. The Balaban J connectivity index is 2.83. The van der Waals surface area contributed by atoms with Crippen LogP contribution in [0.5, 0.6) is 0 Å². The van der Waals surface area contributed by atoms with Gasteiger partial charge >= 0.3 is 0 Å². The zero-order valence-electron chi connectivity index (χ0n) is 9.26. The SMILES string of the molecule is CCC(C)C[C@@]1(C)SC(=O)C(C)=C1O. The molecular weight excluding hydrogens is 196 g/mol. The maximum Gasteiger partial charge on any atom is 0.219 e. The molecule has 2 atom stereocenters. The van der Waals surface area contributed by atoms with Gasteiger partial charge in [-0.25, -0.2) is 0 Å². The van der Waals surface area contributed by atoms with Crippen LogP contribution < -0.4 is 0 Å². The van der Waals surface area contributed by atoms with Crippen LogP contribution in [0.15, 0.2) is 11.3 Å². The molecule has 3 heteroatoms. The minimum atomic E-state index is -0.378. The fourth-order valence-corrected chi connectivity index (χ4v) is 3.05. The monoisotopic (exact) mass is 214 g/mol. The molecule has 0 amide bonds. The van der Waals surface area contributed by atoms with Gasteiger partial charge in [0.15, 0.2) is 0 Å². The molecule has 1 unspecified atom stereocenters. The zero-order valence-corrected chi connectivity index (χ0v) is 10.1. The molecule has 0 aliphatic carbocycles. The minimum absolute atomic E-state index is 0.0216. The van der Waals surface area contributed by atoms with Crippen molar-refractivity contribution in [3.8, 4) is 0 Å². The highest BCUT2D eigenvalue weighted by atomic mass is 32.2. The molecule has 0 fully saturated rings. The highest BCUT2D eigenvalue weighted by Crippen LogP contribution is 2.46. The van der Waals surface area contributed by atoms with Crippen molar-refractivity contribution < 1.29 is 9.90 Å². The van der Waals surface area contributed by atoms with E-state index in [0.717, 1.165) is 12.8 Å². The van der Waals surface area contributed by atoms with Crippen molar-refractivity contribution in [3.63, 3.8) is 0 Å². The fourth-order valence-electron chi connectivity index (χ4n) is 1.77. The van der Waals surface area contributed by atoms with E-state index in [-0.39, 0.29) is 15.6 Å². The molecule has 14 heavy (non-hydrogen) atoms. The summed E-state index contributed by atoms with van der Waals surface area (Å²) in [6, 6.07) is 0. The van der Waals surface area contributed by atoms with E-state index in [4.69, 9.17) is 0 Å². The van der Waals surface area contributed by atoms with Crippen LogP contribution in [0.1, 0.15) is 40.5 Å². The van der Waals surface area contributed by atoms with Gasteiger partial charge in [0.1, 0.15) is 5.76 Å². The first-order chi connectivity index (χ1) is 6.40. The number of aliphatic hydroxyl groups excluding tert-OH is 1. The van der Waals surface area contributed by atoms with Gasteiger partial charge in [-0.2, -0.15) is 0 Å². The second-order valence-corrected chi connectivity index (χ2v) is 5.79. The molecule has 0 aromatic rings. The van der Waals surface area contributed by atoms with E-state index in [9.17, 15) is 9.90 Å². The Bertz CT molecular complexity index is 283. The highest BCUT2D eigenvalue weighted by Gasteiger charge is 2.42. The summed E-state index contributed by atoms with van der Waals surface area (Å²) in [5.74, 6) is 0.821. The summed E-state index contributed by atoms with van der Waals surface area (Å²) in [7, 11) is 0. The van der Waals surface area contributed by atoms with Crippen LogP contribution in [0.4, 0.5) is 0 Å². The summed E-state index contributed by atoms with van der Waals surface area (Å²) in [5.41, 5.74) is 0.529. The molecule has 0 saturated heterocycles. The van der Waals surface area contributed by atoms with Crippen molar-refractivity contribution in [2.45, 2.75) is 45.3 Å². The zero-order chi connectivity index (χ0) is 10.9. The first-order valence-corrected chi connectivity index (χ1v) is 5.86. The van der Waals surface area contributed by atoms with Gasteiger partial charge in [0, 0.05) is 5.57 Å². The topological polar surface area (TPSA) is 37.3 Å². The van der Waals surface area contributed by atoms with Crippen molar-refractivity contribution >= 4 is 16.9 Å². The number of hydrogen-bond acceptors (Lipinski definition) is 3. The van der Waals surface area contributed by atoms with Crippen LogP contribution in [-0.4, -0.2) is 15.0 Å². The Morgan fingerprint density at radius 1 is 1.57 bits per heavy atom. The lowest BCUT2D eigenvalue weighted by Crippen LogP contribution is -2.23. The van der Waals surface area contributed by atoms with E-state index < -0.39 is 0 Å². The van der Waals surface area contributed by atoms with Gasteiger partial charge in [0.25, 0.3) is 0 Å². The molecular formula is C11H18O2S. The molecule has 1 N–H and O–H groups in total. The molecule has 0 aromatic carbocycles. The molecule has 1 aliphatic heterocycles. The van der Waals surface area contributed by atoms with Crippen molar-refractivity contribution in [2.75, 3.05) is 0 Å². The number of rotatable bonds is 3. The molecule has 1 aliphatic rings. The van der Waals surface area contributed by atoms with Crippen molar-refractivity contribution in [1.82, 2.24) is 0 Å². The first-order valence-electron chi connectivity index (χ1n) is 5.04. The lowest BCUT2D eigenvalue weighted by Gasteiger charge is -2.25. The quantitative estimate of drug-likeness (QED) is 0.783. The predicted molar refractivity (Wildman–Crippen MR) is 60.4 cm³/mol. The van der Waals surface area contributed by atoms with E-state index in [1.807, 2.05) is 6.92 Å². The third-order valence-corrected chi connectivity index (χ3v) is 4.22. The number of aliphatic hydroxyl groups is 1. The number of carbonyl (C=O) groups excluding carboxylic acids is 1. The molecule has 0 saturated carbocycles. The number of carbonyl (C=O) groups is 1. The lowest BCUT2D eigenvalue weighted by atomic mass is 9.92. The summed E-state index contributed by atoms with van der Waals surface area (Å²) in [6.07, 6.45) is 1.94. The standard InChI is InChI=1S/C11H18O2S/c1-5-7(2)6-11(4)9(12)8(3)10(13)14-11/h7,12H,5-6H2,1-4H3/t7?,11-/m1/s1. The molecule has 0 spiro atoms. The maximum absolute atomic E-state index is 11.4. The Kier molecular flexibility index (Phi) is 3.30. The Labute approximate surface area is 89.8 Å². The van der Waals surface area contributed by atoms with Gasteiger partial charge in [0.05, 0.1) is 4.75 Å². The van der Waals surface area contributed by atoms with E-state index in [1.54, 1.807) is 6.92 Å². The van der Waals surface area contributed by atoms with E-state index in [1.165, 1.54) is 11.8 Å². The van der Waals surface area contributed by atoms with Gasteiger partial charge in [-0.15, -0.1) is 0 Å². The Hall–Kier alpha value is -0.440. The van der Waals surface area contributed by atoms with Gasteiger partial charge < -0.3 is 5.11 Å². The molecule has 2 nitrogen and oxygen atoms in total. The second kappa shape index (κ2) is 3.97. The minimum Gasteiger partial charge on any atom is -0.510 e. The van der Waals surface area contributed by atoms with E-state index in [2.05, 4.69) is 13.8 Å².